The molecule has 10 aromatic rings. The molecule has 0 saturated carbocycles. The Morgan fingerprint density at radius 1 is 0.412 bits per heavy atom. The smallest absolute Gasteiger partial charge is 0.164 e. The molecule has 0 amide bonds. The first kappa shape index (κ1) is 28.8. The highest BCUT2D eigenvalue weighted by atomic mass is 15.1. The first-order valence-corrected chi connectivity index (χ1v) is 16.8. The summed E-state index contributed by atoms with van der Waals surface area (Å²) in [6, 6.07) is 55.9. The van der Waals surface area contributed by atoms with E-state index in [1.165, 1.54) is 0 Å². The summed E-state index contributed by atoms with van der Waals surface area (Å²) < 4.78 is 2.14. The predicted molar refractivity (Wildman–Crippen MR) is 206 cm³/mol. The molecule has 51 heavy (non-hydrogen) atoms. The van der Waals surface area contributed by atoms with Gasteiger partial charge in [0.05, 0.1) is 28.2 Å². The quantitative estimate of drug-likeness (QED) is 0.189. The second-order valence-electron chi connectivity index (χ2n) is 12.7. The fraction of sp³-hybridized carbons (Fsp3) is 0. The molecule has 0 atom stereocenters. The average Bonchev–Trinajstić information content (AvgIpc) is 3.53. The first-order valence-electron chi connectivity index (χ1n) is 16.8. The van der Waals surface area contributed by atoms with Crippen molar-refractivity contribution in [1.29, 1.82) is 5.26 Å². The molecule has 0 aliphatic carbocycles. The van der Waals surface area contributed by atoms with Gasteiger partial charge in [-0.3, -0.25) is 4.57 Å². The minimum Gasteiger partial charge on any atom is -0.294 e. The Bertz CT molecular complexity index is 2960. The van der Waals surface area contributed by atoms with Crippen molar-refractivity contribution in [2.45, 2.75) is 0 Å². The van der Waals surface area contributed by atoms with Crippen molar-refractivity contribution >= 4 is 54.3 Å². The van der Waals surface area contributed by atoms with E-state index in [1.807, 2.05) is 66.7 Å². The van der Waals surface area contributed by atoms with Crippen LogP contribution in [0.25, 0.3) is 94.2 Å². The Morgan fingerprint density at radius 2 is 0.961 bits per heavy atom. The van der Waals surface area contributed by atoms with Crippen LogP contribution in [0.1, 0.15) is 5.56 Å². The fourth-order valence-electron chi connectivity index (χ4n) is 7.08. The van der Waals surface area contributed by atoms with Gasteiger partial charge in [-0.05, 0) is 82.2 Å². The van der Waals surface area contributed by atoms with E-state index < -0.39 is 0 Å². The molecule has 7 aromatic carbocycles. The lowest BCUT2D eigenvalue weighted by Crippen LogP contribution is -2.00. The van der Waals surface area contributed by atoms with Crippen LogP contribution in [-0.2, 0) is 0 Å². The SMILES string of the molecule is N#Cc1ccc2c3cc(-c4nc(-c5ccc6ccccc6c5)nc(-c5ccc6ccccc6c5)n4)ccc3n(-c3ccc4ccccc4n3)c2c1. The fourth-order valence-corrected chi connectivity index (χ4v) is 7.08. The number of hydrogen-bond acceptors (Lipinski definition) is 5. The number of aromatic nitrogens is 5. The Labute approximate surface area is 292 Å². The van der Waals surface area contributed by atoms with Crippen LogP contribution in [0.4, 0.5) is 0 Å². The lowest BCUT2D eigenvalue weighted by molar-refractivity contribution is 1.07. The molecule has 0 bridgehead atoms. The van der Waals surface area contributed by atoms with Crippen molar-refractivity contribution in [3.63, 3.8) is 0 Å². The summed E-state index contributed by atoms with van der Waals surface area (Å²) in [5.41, 5.74) is 6.09. The lowest BCUT2D eigenvalue weighted by atomic mass is 10.0. The first-order chi connectivity index (χ1) is 25.2. The van der Waals surface area contributed by atoms with Gasteiger partial charge in [0.25, 0.3) is 0 Å². The average molecular weight is 651 g/mol. The third-order valence-corrected chi connectivity index (χ3v) is 9.62. The molecule has 0 fully saturated rings. The van der Waals surface area contributed by atoms with Gasteiger partial charge in [-0.15, -0.1) is 0 Å². The maximum atomic E-state index is 9.83. The molecule has 236 valence electrons. The molecule has 3 aromatic heterocycles. The van der Waals surface area contributed by atoms with E-state index in [4.69, 9.17) is 19.9 Å². The van der Waals surface area contributed by atoms with Crippen LogP contribution in [0.15, 0.2) is 158 Å². The van der Waals surface area contributed by atoms with Crippen LogP contribution in [0.2, 0.25) is 0 Å². The molecule has 0 saturated heterocycles. The van der Waals surface area contributed by atoms with Crippen LogP contribution in [0.5, 0.6) is 0 Å². The topological polar surface area (TPSA) is 80.3 Å². The van der Waals surface area contributed by atoms with Crippen LogP contribution >= 0.6 is 0 Å². The maximum Gasteiger partial charge on any atom is 0.164 e. The van der Waals surface area contributed by atoms with E-state index in [-0.39, 0.29) is 0 Å². The second-order valence-corrected chi connectivity index (χ2v) is 12.7. The largest absolute Gasteiger partial charge is 0.294 e. The van der Waals surface area contributed by atoms with E-state index in [2.05, 4.69) is 102 Å². The highest BCUT2D eigenvalue weighted by Crippen LogP contribution is 2.36. The summed E-state index contributed by atoms with van der Waals surface area (Å²) in [4.78, 5) is 20.3. The van der Waals surface area contributed by atoms with Gasteiger partial charge < -0.3 is 0 Å². The van der Waals surface area contributed by atoms with Crippen molar-refractivity contribution in [2.24, 2.45) is 0 Å². The molecule has 0 radical (unpaired) electrons. The number of nitriles is 1. The second kappa shape index (κ2) is 11.4. The van der Waals surface area contributed by atoms with Crippen molar-refractivity contribution in [1.82, 2.24) is 24.5 Å². The number of rotatable bonds is 4. The highest BCUT2D eigenvalue weighted by molar-refractivity contribution is 6.10. The van der Waals surface area contributed by atoms with Crippen molar-refractivity contribution in [2.75, 3.05) is 0 Å². The third-order valence-electron chi connectivity index (χ3n) is 9.62. The Balaban J connectivity index is 1.20. The molecule has 0 spiro atoms. The molecule has 6 nitrogen and oxygen atoms in total. The summed E-state index contributed by atoms with van der Waals surface area (Å²) in [7, 11) is 0. The van der Waals surface area contributed by atoms with Crippen LogP contribution in [-0.4, -0.2) is 24.5 Å². The summed E-state index contributed by atoms with van der Waals surface area (Å²) in [5, 5.41) is 17.5. The minimum atomic E-state index is 0.580. The van der Waals surface area contributed by atoms with Gasteiger partial charge in [0.1, 0.15) is 5.82 Å². The molecule has 3 heterocycles. The van der Waals surface area contributed by atoms with Crippen LogP contribution in [0.3, 0.4) is 0 Å². The number of hydrogen-bond donors (Lipinski definition) is 0. The number of nitrogens with zero attached hydrogens (tertiary/aromatic N) is 6. The molecule has 0 N–H and O–H groups in total. The van der Waals surface area contributed by atoms with Gasteiger partial charge in [0, 0.05) is 32.8 Å². The lowest BCUT2D eigenvalue weighted by Gasteiger charge is -2.11. The summed E-state index contributed by atoms with van der Waals surface area (Å²) in [6.45, 7) is 0. The number of fused-ring (bicyclic) bond motifs is 6. The summed E-state index contributed by atoms with van der Waals surface area (Å²) in [5.74, 6) is 2.58. The predicted octanol–water partition coefficient (Wildman–Crippen LogP) is 10.7. The van der Waals surface area contributed by atoms with E-state index >= 15 is 0 Å². The molecule has 10 rings (SSSR count). The molecular weight excluding hydrogens is 625 g/mol. The summed E-state index contributed by atoms with van der Waals surface area (Å²) >= 11 is 0. The number of para-hydroxylation sites is 1. The van der Waals surface area contributed by atoms with Gasteiger partial charge >= 0.3 is 0 Å². The molecule has 0 aliphatic heterocycles. The van der Waals surface area contributed by atoms with Crippen molar-refractivity contribution in [3.8, 4) is 46.1 Å². The molecular formula is C45H26N6. The van der Waals surface area contributed by atoms with Gasteiger partial charge in [0.15, 0.2) is 17.5 Å². The number of pyridine rings is 1. The van der Waals surface area contributed by atoms with Crippen LogP contribution < -0.4 is 0 Å². The zero-order valence-corrected chi connectivity index (χ0v) is 27.2. The van der Waals surface area contributed by atoms with Gasteiger partial charge in [-0.25, -0.2) is 19.9 Å². The van der Waals surface area contributed by atoms with E-state index in [9.17, 15) is 5.26 Å². The van der Waals surface area contributed by atoms with Gasteiger partial charge in [0.2, 0.25) is 0 Å². The van der Waals surface area contributed by atoms with Crippen molar-refractivity contribution in [3.05, 3.63) is 163 Å². The third kappa shape index (κ3) is 4.87. The standard InChI is InChI=1S/C45H26N6/c46-27-28-13-20-37-38-26-36(18-21-40(38)51(41(37)23-28)42-22-19-31-9-5-6-12-39(31)47-42)45-49-43(34-16-14-29-7-1-3-10-32(29)24-34)48-44(50-45)35-17-15-30-8-2-4-11-33(30)25-35/h1-26H. The maximum absolute atomic E-state index is 9.83. The van der Waals surface area contributed by atoms with Gasteiger partial charge in [-0.1, -0.05) is 97.1 Å². The summed E-state index contributed by atoms with van der Waals surface area (Å²) in [6.07, 6.45) is 0. The Morgan fingerprint density at radius 3 is 1.61 bits per heavy atom. The highest BCUT2D eigenvalue weighted by Gasteiger charge is 2.18. The van der Waals surface area contributed by atoms with E-state index in [0.29, 0.717) is 23.0 Å². The molecule has 0 unspecified atom stereocenters. The zero-order valence-electron chi connectivity index (χ0n) is 27.2. The van der Waals surface area contributed by atoms with Gasteiger partial charge in [-0.2, -0.15) is 5.26 Å². The zero-order chi connectivity index (χ0) is 33.9. The number of benzene rings is 7. The van der Waals surface area contributed by atoms with Crippen LogP contribution in [0, 0.1) is 11.3 Å². The Kier molecular flexibility index (Phi) is 6.45. The minimum absolute atomic E-state index is 0.580. The van der Waals surface area contributed by atoms with E-state index in [1.54, 1.807) is 0 Å². The normalized spacial score (nSPS) is 11.5. The van der Waals surface area contributed by atoms with E-state index in [0.717, 1.165) is 76.8 Å². The van der Waals surface area contributed by atoms with Crippen molar-refractivity contribution < 1.29 is 0 Å². The molecule has 0 aliphatic rings. The molecule has 6 heteroatoms. The monoisotopic (exact) mass is 650 g/mol. The Hall–Kier alpha value is -7.23.